The van der Waals surface area contributed by atoms with E-state index in [1.807, 2.05) is 0 Å². The van der Waals surface area contributed by atoms with Crippen LogP contribution in [0.25, 0.3) is 0 Å². The fraction of sp³-hybridized carbons (Fsp3) is 0.733. The zero-order valence-electron chi connectivity index (χ0n) is 13.6. The molecular weight excluding hydrogens is 318 g/mol. The zero-order chi connectivity index (χ0) is 17.0. The summed E-state index contributed by atoms with van der Waals surface area (Å²) in [5.74, 6) is 1.05. The third-order valence-corrected chi connectivity index (χ3v) is 5.18. The van der Waals surface area contributed by atoms with Crippen LogP contribution in [0.1, 0.15) is 40.0 Å². The minimum Gasteiger partial charge on any atom is -0.461 e. The summed E-state index contributed by atoms with van der Waals surface area (Å²) in [7, 11) is 0. The first-order valence-corrected chi connectivity index (χ1v) is 8.86. The van der Waals surface area contributed by atoms with E-state index in [0.717, 1.165) is 24.6 Å². The second-order valence-electron chi connectivity index (χ2n) is 6.46. The van der Waals surface area contributed by atoms with Crippen molar-refractivity contribution in [1.29, 1.82) is 0 Å². The Morgan fingerprint density at radius 2 is 2.13 bits per heavy atom. The molecule has 0 spiro atoms. The van der Waals surface area contributed by atoms with Crippen molar-refractivity contribution >= 4 is 17.7 Å². The summed E-state index contributed by atoms with van der Waals surface area (Å²) >= 11 is 0.963. The topological polar surface area (TPSA) is 105 Å². The third kappa shape index (κ3) is 4.95. The molecule has 1 saturated carbocycles. The van der Waals surface area contributed by atoms with Crippen LogP contribution in [0.5, 0.6) is 0 Å². The molecule has 23 heavy (non-hydrogen) atoms. The van der Waals surface area contributed by atoms with Crippen LogP contribution in [-0.2, 0) is 9.53 Å². The summed E-state index contributed by atoms with van der Waals surface area (Å²) in [5, 5.41) is 5.82. The lowest BCUT2D eigenvalue weighted by Crippen LogP contribution is -2.36. The van der Waals surface area contributed by atoms with Crippen molar-refractivity contribution < 1.29 is 9.53 Å². The lowest BCUT2D eigenvalue weighted by molar-refractivity contribution is -0.152. The van der Waals surface area contributed by atoms with E-state index in [-0.39, 0.29) is 22.9 Å². The molecule has 0 amide bonds. The van der Waals surface area contributed by atoms with Gasteiger partial charge in [-0.1, -0.05) is 39.0 Å². The number of aromatic amines is 2. The number of ether oxygens (including phenoxy) is 1. The maximum Gasteiger partial charge on any atom is 0.342 e. The molecule has 0 aliphatic heterocycles. The number of nitrogens with zero attached hydrogens (tertiary/aromatic N) is 1. The second kappa shape index (κ2) is 7.81. The van der Waals surface area contributed by atoms with Crippen LogP contribution in [0.2, 0.25) is 0 Å². The van der Waals surface area contributed by atoms with Crippen molar-refractivity contribution in [1.82, 2.24) is 15.2 Å². The normalized spacial score (nSPS) is 24.6. The fourth-order valence-electron chi connectivity index (χ4n) is 3.02. The number of carbonyl (C=O) groups excluding carboxylic acids is 1. The van der Waals surface area contributed by atoms with Crippen molar-refractivity contribution in [2.45, 2.75) is 51.2 Å². The van der Waals surface area contributed by atoms with Gasteiger partial charge < -0.3 is 4.74 Å². The van der Waals surface area contributed by atoms with Gasteiger partial charge in [-0.15, -0.1) is 0 Å². The van der Waals surface area contributed by atoms with E-state index in [1.165, 1.54) is 6.42 Å². The molecule has 3 atom stereocenters. The highest BCUT2D eigenvalue weighted by molar-refractivity contribution is 7.99. The van der Waals surface area contributed by atoms with Crippen molar-refractivity contribution in [2.75, 3.05) is 5.75 Å². The molecule has 1 fully saturated rings. The average Bonchev–Trinajstić information content (AvgIpc) is 2.46. The van der Waals surface area contributed by atoms with Crippen LogP contribution >= 0.6 is 11.8 Å². The smallest absolute Gasteiger partial charge is 0.342 e. The second-order valence-corrected chi connectivity index (χ2v) is 7.42. The Hall–Kier alpha value is -1.57. The van der Waals surface area contributed by atoms with Crippen molar-refractivity contribution in [3.05, 3.63) is 20.8 Å². The van der Waals surface area contributed by atoms with Gasteiger partial charge in [-0.2, -0.15) is 5.10 Å². The highest BCUT2D eigenvalue weighted by Crippen LogP contribution is 2.35. The number of nitrogens with one attached hydrogen (secondary N) is 2. The van der Waals surface area contributed by atoms with E-state index in [9.17, 15) is 14.4 Å². The summed E-state index contributed by atoms with van der Waals surface area (Å²) in [5.41, 5.74) is -1.27. The van der Waals surface area contributed by atoms with Crippen molar-refractivity contribution in [3.63, 3.8) is 0 Å². The zero-order valence-corrected chi connectivity index (χ0v) is 14.4. The number of rotatable bonds is 5. The Balaban J connectivity index is 1.92. The Morgan fingerprint density at radius 3 is 2.78 bits per heavy atom. The number of hydrogen-bond donors (Lipinski definition) is 2. The predicted octanol–water partition coefficient (Wildman–Crippen LogP) is 1.55. The van der Waals surface area contributed by atoms with Crippen molar-refractivity contribution in [3.8, 4) is 0 Å². The first-order chi connectivity index (χ1) is 10.9. The van der Waals surface area contributed by atoms with Crippen LogP contribution in [0, 0.1) is 17.8 Å². The summed E-state index contributed by atoms with van der Waals surface area (Å²) in [4.78, 5) is 36.6. The van der Waals surface area contributed by atoms with Gasteiger partial charge >= 0.3 is 11.7 Å². The van der Waals surface area contributed by atoms with Gasteiger partial charge in [0, 0.05) is 0 Å². The number of H-pyrrole nitrogens is 2. The van der Waals surface area contributed by atoms with Gasteiger partial charge in [-0.3, -0.25) is 14.6 Å². The van der Waals surface area contributed by atoms with E-state index in [0.29, 0.717) is 17.8 Å². The maximum absolute atomic E-state index is 12.1. The highest BCUT2D eigenvalue weighted by Gasteiger charge is 2.33. The highest BCUT2D eigenvalue weighted by atomic mass is 32.2. The summed E-state index contributed by atoms with van der Waals surface area (Å²) < 4.78 is 5.65. The molecule has 1 aliphatic carbocycles. The molecule has 2 rings (SSSR count). The molecule has 0 unspecified atom stereocenters. The summed E-state index contributed by atoms with van der Waals surface area (Å²) in [6.07, 6.45) is 3.07. The molecule has 1 aliphatic rings. The lowest BCUT2D eigenvalue weighted by Gasteiger charge is -2.36. The Bertz CT molecular complexity index is 655. The Morgan fingerprint density at radius 1 is 1.39 bits per heavy atom. The van der Waals surface area contributed by atoms with E-state index >= 15 is 0 Å². The summed E-state index contributed by atoms with van der Waals surface area (Å²) in [6, 6.07) is 0. The largest absolute Gasteiger partial charge is 0.461 e. The molecule has 128 valence electrons. The molecule has 2 N–H and O–H groups in total. The monoisotopic (exact) mass is 341 g/mol. The third-order valence-electron chi connectivity index (χ3n) is 4.25. The molecule has 7 nitrogen and oxygen atoms in total. The number of carbonyl (C=O) groups is 1. The molecular formula is C15H23N3O4S. The molecule has 8 heteroatoms. The van der Waals surface area contributed by atoms with Gasteiger partial charge in [-0.25, -0.2) is 9.89 Å². The van der Waals surface area contributed by atoms with Crippen LogP contribution in [0.4, 0.5) is 0 Å². The van der Waals surface area contributed by atoms with E-state index in [2.05, 4.69) is 36.0 Å². The number of hydrogen-bond acceptors (Lipinski definition) is 6. The first-order valence-electron chi connectivity index (χ1n) is 7.88. The van der Waals surface area contributed by atoms with Gasteiger partial charge in [0.1, 0.15) is 6.10 Å². The van der Waals surface area contributed by atoms with E-state index in [1.54, 1.807) is 0 Å². The quantitative estimate of drug-likeness (QED) is 0.622. The van der Waals surface area contributed by atoms with Crippen LogP contribution in [0.3, 0.4) is 0 Å². The minimum atomic E-state index is -0.669. The van der Waals surface area contributed by atoms with Crippen LogP contribution < -0.4 is 11.2 Å². The van der Waals surface area contributed by atoms with Crippen LogP contribution in [-0.4, -0.2) is 33.0 Å². The van der Waals surface area contributed by atoms with Gasteiger partial charge in [0.15, 0.2) is 5.03 Å². The molecule has 0 radical (unpaired) electrons. The van der Waals surface area contributed by atoms with E-state index in [4.69, 9.17) is 4.74 Å². The maximum atomic E-state index is 12.1. The standard InChI is InChI=1S/C15H23N3O4S/c1-8(2)10-5-4-9(3)6-11(10)22-12(19)7-23-14-13(20)16-15(21)18-17-14/h8-11H,4-7H2,1-3H3,(H2,16,18,20,21)/t9-,10+,11+/m0/s1. The Kier molecular flexibility index (Phi) is 6.04. The van der Waals surface area contributed by atoms with Gasteiger partial charge in [0.25, 0.3) is 5.56 Å². The molecule has 1 aromatic rings. The number of esters is 1. The number of aromatic nitrogens is 3. The SMILES string of the molecule is CC(C)[C@H]1CC[C@H](C)C[C@H]1OC(=O)CSc1n[nH]c(=O)[nH]c1=O. The van der Waals surface area contributed by atoms with E-state index < -0.39 is 11.2 Å². The molecule has 1 aromatic heterocycles. The molecule has 1 heterocycles. The first kappa shape index (κ1) is 17.8. The van der Waals surface area contributed by atoms with Gasteiger partial charge in [-0.05, 0) is 30.6 Å². The van der Waals surface area contributed by atoms with Crippen LogP contribution in [0.15, 0.2) is 14.6 Å². The Labute approximate surface area is 138 Å². The van der Waals surface area contributed by atoms with Gasteiger partial charge in [0.2, 0.25) is 0 Å². The van der Waals surface area contributed by atoms with Gasteiger partial charge in [0.05, 0.1) is 5.75 Å². The minimum absolute atomic E-state index is 0.00216. The molecule has 0 aromatic carbocycles. The predicted molar refractivity (Wildman–Crippen MR) is 87.4 cm³/mol. The molecule has 0 bridgehead atoms. The lowest BCUT2D eigenvalue weighted by atomic mass is 9.75. The van der Waals surface area contributed by atoms with Crippen molar-refractivity contribution in [2.24, 2.45) is 17.8 Å². The fourth-order valence-corrected chi connectivity index (χ4v) is 3.63. The average molecular weight is 341 g/mol. The molecule has 0 saturated heterocycles. The number of thioether (sulfide) groups is 1. The summed E-state index contributed by atoms with van der Waals surface area (Å²) in [6.45, 7) is 6.48.